The molecule has 2 aliphatic carbocycles. The Labute approximate surface area is 167 Å². The monoisotopic (exact) mass is 388 g/mol. The zero-order valence-electron chi connectivity index (χ0n) is 16.9. The Bertz CT molecular complexity index is 708. The highest BCUT2D eigenvalue weighted by Crippen LogP contribution is 2.32. The largest absolute Gasteiger partial charge is 0.493 e. The summed E-state index contributed by atoms with van der Waals surface area (Å²) >= 11 is 0. The summed E-state index contributed by atoms with van der Waals surface area (Å²) in [5.74, 6) is 0.402. The van der Waals surface area contributed by atoms with Crippen LogP contribution >= 0.6 is 0 Å². The quantitative estimate of drug-likeness (QED) is 0.748. The average molecular weight is 389 g/mol. The van der Waals surface area contributed by atoms with Gasteiger partial charge >= 0.3 is 5.97 Å². The Kier molecular flexibility index (Phi) is 6.60. The average Bonchev–Trinajstić information content (AvgIpc) is 2.63. The van der Waals surface area contributed by atoms with Gasteiger partial charge in [-0.05, 0) is 87.5 Å². The molecule has 0 bridgehead atoms. The van der Waals surface area contributed by atoms with Crippen molar-refractivity contribution in [3.63, 3.8) is 0 Å². The Morgan fingerprint density at radius 2 is 1.86 bits per heavy atom. The summed E-state index contributed by atoms with van der Waals surface area (Å²) in [7, 11) is 1.89. The summed E-state index contributed by atoms with van der Waals surface area (Å²) in [6.07, 6.45) is 7.24. The van der Waals surface area contributed by atoms with Gasteiger partial charge in [-0.15, -0.1) is 0 Å². The Hall–Kier alpha value is -2.08. The summed E-state index contributed by atoms with van der Waals surface area (Å²) in [6, 6.07) is 5.06. The van der Waals surface area contributed by atoms with Crippen molar-refractivity contribution in [1.29, 1.82) is 0 Å². The first-order chi connectivity index (χ1) is 13.3. The molecule has 6 heteroatoms. The highest BCUT2D eigenvalue weighted by atomic mass is 16.5. The molecule has 0 unspecified atom stereocenters. The number of likely N-dealkylation sites (N-methyl/N-ethyl adjacent to an activating group) is 1. The molecule has 3 N–H and O–H groups in total. The minimum Gasteiger partial charge on any atom is -0.493 e. The first-order valence-corrected chi connectivity index (χ1v) is 10.3. The van der Waals surface area contributed by atoms with Crippen molar-refractivity contribution in [2.75, 3.05) is 13.7 Å². The van der Waals surface area contributed by atoms with E-state index in [1.54, 1.807) is 12.1 Å². The van der Waals surface area contributed by atoms with E-state index in [9.17, 15) is 14.7 Å². The van der Waals surface area contributed by atoms with Crippen molar-refractivity contribution in [1.82, 2.24) is 4.90 Å². The molecule has 2 fully saturated rings. The number of carbonyl (C=O) groups excluding carboxylic acids is 1. The maximum Gasteiger partial charge on any atom is 0.335 e. The van der Waals surface area contributed by atoms with E-state index in [0.29, 0.717) is 24.3 Å². The zero-order chi connectivity index (χ0) is 20.3. The van der Waals surface area contributed by atoms with Crippen molar-refractivity contribution in [2.45, 2.75) is 64.0 Å². The summed E-state index contributed by atoms with van der Waals surface area (Å²) < 4.78 is 5.88. The standard InChI is InChI=1S/C22H32N2O4/c1-14-10-17(22(26)27)12-19(11-14)28-13-15-6-8-16(9-7-15)20(23)21(25)24(2)18-4-3-5-18/h10-12,15-16,18,20H,3-9,13,23H2,1-2H3,(H,26,27)/t15-,16-,20-/m0/s1. The van der Waals surface area contributed by atoms with E-state index in [2.05, 4.69) is 0 Å². The van der Waals surface area contributed by atoms with Crippen molar-refractivity contribution >= 4 is 11.9 Å². The van der Waals surface area contributed by atoms with Crippen LogP contribution in [0.25, 0.3) is 0 Å². The summed E-state index contributed by atoms with van der Waals surface area (Å²) in [4.78, 5) is 25.7. The van der Waals surface area contributed by atoms with Gasteiger partial charge in [0.15, 0.2) is 0 Å². The molecule has 3 rings (SSSR count). The van der Waals surface area contributed by atoms with Gasteiger partial charge < -0.3 is 20.5 Å². The van der Waals surface area contributed by atoms with Gasteiger partial charge in [0.1, 0.15) is 5.75 Å². The van der Waals surface area contributed by atoms with Crippen molar-refractivity contribution < 1.29 is 19.4 Å². The van der Waals surface area contributed by atoms with Crippen LogP contribution in [-0.4, -0.2) is 47.6 Å². The van der Waals surface area contributed by atoms with Gasteiger partial charge in [-0.3, -0.25) is 4.79 Å². The number of carbonyl (C=O) groups is 2. The highest BCUT2D eigenvalue weighted by Gasteiger charge is 2.34. The molecule has 2 aliphatic rings. The minimum atomic E-state index is -0.945. The SMILES string of the molecule is Cc1cc(OC[C@H]2CC[C@H]([C@H](N)C(=O)N(C)C3CCC3)CC2)cc(C(=O)O)c1. The fourth-order valence-electron chi connectivity index (χ4n) is 4.27. The van der Waals surface area contributed by atoms with Crippen molar-refractivity contribution in [3.8, 4) is 5.75 Å². The van der Waals surface area contributed by atoms with Gasteiger partial charge in [0.25, 0.3) is 0 Å². The smallest absolute Gasteiger partial charge is 0.335 e. The van der Waals surface area contributed by atoms with Crippen LogP contribution in [0.3, 0.4) is 0 Å². The molecule has 6 nitrogen and oxygen atoms in total. The summed E-state index contributed by atoms with van der Waals surface area (Å²) in [6.45, 7) is 2.43. The molecule has 154 valence electrons. The van der Waals surface area contributed by atoms with Gasteiger partial charge in [0.05, 0.1) is 18.2 Å². The molecule has 1 amide bonds. The molecule has 0 spiro atoms. The number of benzene rings is 1. The second kappa shape index (κ2) is 8.95. The zero-order valence-corrected chi connectivity index (χ0v) is 16.9. The van der Waals surface area contributed by atoms with Gasteiger partial charge in [-0.2, -0.15) is 0 Å². The lowest BCUT2D eigenvalue weighted by Crippen LogP contribution is -2.52. The third-order valence-corrected chi connectivity index (χ3v) is 6.44. The molecule has 0 aromatic heterocycles. The topological polar surface area (TPSA) is 92.9 Å². The molecule has 2 saturated carbocycles. The highest BCUT2D eigenvalue weighted by molar-refractivity contribution is 5.88. The van der Waals surface area contributed by atoms with Crippen LogP contribution < -0.4 is 10.5 Å². The maximum atomic E-state index is 12.6. The number of nitrogens with two attached hydrogens (primary N) is 1. The van der Waals surface area contributed by atoms with E-state index in [0.717, 1.165) is 44.1 Å². The van der Waals surface area contributed by atoms with E-state index in [4.69, 9.17) is 10.5 Å². The number of carboxylic acids is 1. The molecule has 28 heavy (non-hydrogen) atoms. The first-order valence-electron chi connectivity index (χ1n) is 10.3. The van der Waals surface area contributed by atoms with Crippen LogP contribution in [0.5, 0.6) is 5.75 Å². The third-order valence-electron chi connectivity index (χ3n) is 6.44. The fraction of sp³-hybridized carbons (Fsp3) is 0.636. The van der Waals surface area contributed by atoms with E-state index in [-0.39, 0.29) is 17.4 Å². The fourth-order valence-corrected chi connectivity index (χ4v) is 4.27. The summed E-state index contributed by atoms with van der Waals surface area (Å²) in [5.41, 5.74) is 7.43. The molecule has 1 aromatic rings. The van der Waals surface area contributed by atoms with E-state index in [1.807, 2.05) is 24.9 Å². The van der Waals surface area contributed by atoms with Crippen LogP contribution in [0, 0.1) is 18.8 Å². The maximum absolute atomic E-state index is 12.6. The lowest BCUT2D eigenvalue weighted by atomic mass is 9.78. The van der Waals surface area contributed by atoms with Crippen molar-refractivity contribution in [3.05, 3.63) is 29.3 Å². The second-order valence-corrected chi connectivity index (χ2v) is 8.49. The van der Waals surface area contributed by atoms with E-state index >= 15 is 0 Å². The number of hydrogen-bond acceptors (Lipinski definition) is 4. The second-order valence-electron chi connectivity index (χ2n) is 8.49. The van der Waals surface area contributed by atoms with Crippen LogP contribution in [0.4, 0.5) is 0 Å². The van der Waals surface area contributed by atoms with E-state index in [1.165, 1.54) is 6.42 Å². The normalized spacial score (nSPS) is 23.5. The molecular weight excluding hydrogens is 356 g/mol. The van der Waals surface area contributed by atoms with Gasteiger partial charge in [-0.1, -0.05) is 0 Å². The molecule has 0 saturated heterocycles. The molecule has 0 heterocycles. The number of aromatic carboxylic acids is 1. The lowest BCUT2D eigenvalue weighted by Gasteiger charge is -2.38. The third kappa shape index (κ3) is 4.85. The Morgan fingerprint density at radius 1 is 1.18 bits per heavy atom. The van der Waals surface area contributed by atoms with Crippen LogP contribution in [0.1, 0.15) is 60.9 Å². The molecule has 0 radical (unpaired) electrons. The molecule has 1 atom stereocenters. The molecule has 0 aliphatic heterocycles. The number of carboxylic acid groups (broad SMARTS) is 1. The molecular formula is C22H32N2O4. The Morgan fingerprint density at radius 3 is 2.43 bits per heavy atom. The van der Waals surface area contributed by atoms with Crippen LogP contribution in [-0.2, 0) is 4.79 Å². The Balaban J connectivity index is 1.46. The first kappa shape index (κ1) is 20.6. The van der Waals surface area contributed by atoms with E-state index < -0.39 is 12.0 Å². The van der Waals surface area contributed by atoms with Gasteiger partial charge in [0, 0.05) is 13.1 Å². The van der Waals surface area contributed by atoms with Gasteiger partial charge in [0.2, 0.25) is 5.91 Å². The van der Waals surface area contributed by atoms with Crippen LogP contribution in [0.15, 0.2) is 18.2 Å². The lowest BCUT2D eigenvalue weighted by molar-refractivity contribution is -0.136. The van der Waals surface area contributed by atoms with Gasteiger partial charge in [-0.25, -0.2) is 4.79 Å². The number of nitrogens with zero attached hydrogens (tertiary/aromatic N) is 1. The predicted molar refractivity (Wildman–Crippen MR) is 107 cm³/mol. The molecule has 1 aromatic carbocycles. The summed E-state index contributed by atoms with van der Waals surface area (Å²) in [5, 5.41) is 9.17. The minimum absolute atomic E-state index is 0.0883. The van der Waals surface area contributed by atoms with Crippen LogP contribution in [0.2, 0.25) is 0 Å². The predicted octanol–water partition coefficient (Wildman–Crippen LogP) is 3.22. The number of aryl methyl sites for hydroxylation is 1. The number of amides is 1. The number of hydrogen-bond donors (Lipinski definition) is 2. The number of ether oxygens (including phenoxy) is 1. The van der Waals surface area contributed by atoms with Crippen molar-refractivity contribution in [2.24, 2.45) is 17.6 Å². The number of rotatable bonds is 7.